The zero-order valence-electron chi connectivity index (χ0n) is 14.6. The highest BCUT2D eigenvalue weighted by atomic mass is 35.5. The summed E-state index contributed by atoms with van der Waals surface area (Å²) < 4.78 is 10.9. The number of ether oxygens (including phenoxy) is 2. The van der Waals surface area contributed by atoms with Gasteiger partial charge in [0.2, 0.25) is 5.91 Å². The van der Waals surface area contributed by atoms with E-state index in [1.807, 2.05) is 32.0 Å². The van der Waals surface area contributed by atoms with Crippen LogP contribution in [-0.2, 0) is 20.9 Å². The van der Waals surface area contributed by atoms with Crippen molar-refractivity contribution in [3.8, 4) is 0 Å². The molecule has 1 unspecified atom stereocenters. The summed E-state index contributed by atoms with van der Waals surface area (Å²) in [7, 11) is 0. The van der Waals surface area contributed by atoms with E-state index in [1.54, 1.807) is 0 Å². The lowest BCUT2D eigenvalue weighted by molar-refractivity contribution is -0.118. The molecular formula is C18H29ClN2O3. The lowest BCUT2D eigenvalue weighted by Crippen LogP contribution is -2.43. The number of benzene rings is 1. The van der Waals surface area contributed by atoms with Crippen LogP contribution < -0.4 is 10.6 Å². The Morgan fingerprint density at radius 1 is 1.29 bits per heavy atom. The average Bonchev–Trinajstić information content (AvgIpc) is 2.58. The first-order valence-corrected chi connectivity index (χ1v) is 8.50. The monoisotopic (exact) mass is 356 g/mol. The van der Waals surface area contributed by atoms with E-state index >= 15 is 0 Å². The number of amides is 1. The van der Waals surface area contributed by atoms with E-state index < -0.39 is 0 Å². The third-order valence-corrected chi connectivity index (χ3v) is 4.16. The minimum absolute atomic E-state index is 0. The van der Waals surface area contributed by atoms with Crippen LogP contribution in [0.25, 0.3) is 0 Å². The molecule has 1 heterocycles. The molecule has 24 heavy (non-hydrogen) atoms. The van der Waals surface area contributed by atoms with Gasteiger partial charge in [0, 0.05) is 12.3 Å². The molecule has 1 fully saturated rings. The number of piperidine rings is 1. The van der Waals surface area contributed by atoms with Gasteiger partial charge in [-0.3, -0.25) is 4.79 Å². The number of carbonyl (C=O) groups excluding carboxylic acids is 1. The third-order valence-electron chi connectivity index (χ3n) is 4.16. The first-order chi connectivity index (χ1) is 11.2. The molecule has 0 radical (unpaired) electrons. The molecule has 1 aliphatic heterocycles. The van der Waals surface area contributed by atoms with Crippen LogP contribution in [0.5, 0.6) is 0 Å². The SMILES string of the molecule is CCOCCOCc1cccc(NC(=O)C2CCCCN2)c1C.Cl. The first kappa shape index (κ1) is 20.9. The van der Waals surface area contributed by atoms with Crippen molar-refractivity contribution in [2.24, 2.45) is 0 Å². The van der Waals surface area contributed by atoms with Gasteiger partial charge in [0.05, 0.1) is 25.9 Å². The minimum atomic E-state index is -0.0748. The fourth-order valence-electron chi connectivity index (χ4n) is 2.72. The van der Waals surface area contributed by atoms with Crippen LogP contribution in [0, 0.1) is 6.92 Å². The number of hydrogen-bond acceptors (Lipinski definition) is 4. The lowest BCUT2D eigenvalue weighted by Gasteiger charge is -2.23. The summed E-state index contributed by atoms with van der Waals surface area (Å²) in [6.07, 6.45) is 3.17. The Morgan fingerprint density at radius 2 is 2.08 bits per heavy atom. The molecule has 0 spiro atoms. The van der Waals surface area contributed by atoms with Gasteiger partial charge in [-0.1, -0.05) is 18.6 Å². The summed E-state index contributed by atoms with van der Waals surface area (Å²) in [5.74, 6) is 0.0576. The molecule has 1 amide bonds. The number of halogens is 1. The predicted molar refractivity (Wildman–Crippen MR) is 98.8 cm³/mol. The molecule has 2 N–H and O–H groups in total. The maximum atomic E-state index is 12.3. The van der Waals surface area contributed by atoms with Gasteiger partial charge >= 0.3 is 0 Å². The number of anilines is 1. The molecule has 0 aliphatic carbocycles. The van der Waals surface area contributed by atoms with Gasteiger partial charge in [0.25, 0.3) is 0 Å². The topological polar surface area (TPSA) is 59.6 Å². The Morgan fingerprint density at radius 3 is 2.79 bits per heavy atom. The van der Waals surface area contributed by atoms with Crippen LogP contribution in [0.2, 0.25) is 0 Å². The van der Waals surface area contributed by atoms with Crippen molar-refractivity contribution < 1.29 is 14.3 Å². The smallest absolute Gasteiger partial charge is 0.241 e. The summed E-state index contributed by atoms with van der Waals surface area (Å²) >= 11 is 0. The molecule has 136 valence electrons. The van der Waals surface area contributed by atoms with Crippen molar-refractivity contribution >= 4 is 24.0 Å². The van der Waals surface area contributed by atoms with E-state index in [9.17, 15) is 4.79 Å². The van der Waals surface area contributed by atoms with E-state index in [1.165, 1.54) is 0 Å². The van der Waals surface area contributed by atoms with Crippen LogP contribution in [-0.4, -0.2) is 38.3 Å². The highest BCUT2D eigenvalue weighted by Gasteiger charge is 2.21. The van der Waals surface area contributed by atoms with Gasteiger partial charge < -0.3 is 20.1 Å². The Balaban J connectivity index is 0.00000288. The van der Waals surface area contributed by atoms with E-state index in [2.05, 4.69) is 10.6 Å². The Bertz CT molecular complexity index is 505. The average molecular weight is 357 g/mol. The molecule has 0 bridgehead atoms. The predicted octanol–water partition coefficient (Wildman–Crippen LogP) is 3.05. The van der Waals surface area contributed by atoms with Crippen LogP contribution in [0.4, 0.5) is 5.69 Å². The highest BCUT2D eigenvalue weighted by Crippen LogP contribution is 2.20. The lowest BCUT2D eigenvalue weighted by atomic mass is 10.0. The number of rotatable bonds is 8. The number of nitrogens with one attached hydrogen (secondary N) is 2. The summed E-state index contributed by atoms with van der Waals surface area (Å²) in [6.45, 7) is 7.34. The van der Waals surface area contributed by atoms with Gasteiger partial charge in [0.15, 0.2) is 0 Å². The number of hydrogen-bond donors (Lipinski definition) is 2. The van der Waals surface area contributed by atoms with Crippen molar-refractivity contribution in [3.63, 3.8) is 0 Å². The van der Waals surface area contributed by atoms with Crippen molar-refractivity contribution in [2.45, 2.75) is 45.8 Å². The molecular weight excluding hydrogens is 328 g/mol. The fraction of sp³-hybridized carbons (Fsp3) is 0.611. The number of carbonyl (C=O) groups is 1. The second-order valence-corrected chi connectivity index (χ2v) is 5.83. The maximum absolute atomic E-state index is 12.3. The molecule has 0 saturated carbocycles. The third kappa shape index (κ3) is 6.40. The largest absolute Gasteiger partial charge is 0.379 e. The first-order valence-electron chi connectivity index (χ1n) is 8.50. The van der Waals surface area contributed by atoms with E-state index in [-0.39, 0.29) is 24.4 Å². The molecule has 0 aromatic heterocycles. The molecule has 1 saturated heterocycles. The Kier molecular flexibility index (Phi) is 9.95. The highest BCUT2D eigenvalue weighted by molar-refractivity contribution is 5.95. The van der Waals surface area contributed by atoms with E-state index in [0.717, 1.165) is 42.6 Å². The van der Waals surface area contributed by atoms with Crippen molar-refractivity contribution in [1.82, 2.24) is 5.32 Å². The summed E-state index contributed by atoms with van der Waals surface area (Å²) in [5, 5.41) is 6.33. The van der Waals surface area contributed by atoms with Crippen LogP contribution in [0.1, 0.15) is 37.3 Å². The van der Waals surface area contributed by atoms with Gasteiger partial charge in [0.1, 0.15) is 0 Å². The molecule has 1 aromatic carbocycles. The van der Waals surface area contributed by atoms with Gasteiger partial charge in [-0.05, 0) is 50.4 Å². The molecule has 1 aliphatic rings. The molecule has 1 aromatic rings. The van der Waals surface area contributed by atoms with Crippen LogP contribution in [0.15, 0.2) is 18.2 Å². The summed E-state index contributed by atoms with van der Waals surface area (Å²) in [4.78, 5) is 12.3. The zero-order valence-corrected chi connectivity index (χ0v) is 15.4. The van der Waals surface area contributed by atoms with E-state index in [0.29, 0.717) is 26.4 Å². The van der Waals surface area contributed by atoms with Gasteiger partial charge in [-0.15, -0.1) is 12.4 Å². The molecule has 1 atom stereocenters. The Hall–Kier alpha value is -1.14. The second-order valence-electron chi connectivity index (χ2n) is 5.83. The van der Waals surface area contributed by atoms with Crippen molar-refractivity contribution in [2.75, 3.05) is 31.7 Å². The summed E-state index contributed by atoms with van der Waals surface area (Å²) in [5.41, 5.74) is 3.03. The van der Waals surface area contributed by atoms with Crippen molar-refractivity contribution in [1.29, 1.82) is 0 Å². The maximum Gasteiger partial charge on any atom is 0.241 e. The molecule has 6 heteroatoms. The van der Waals surface area contributed by atoms with Gasteiger partial charge in [-0.25, -0.2) is 0 Å². The standard InChI is InChI=1S/C18H28N2O3.ClH/c1-3-22-11-12-23-13-15-7-6-9-16(14(15)2)20-18(21)17-8-4-5-10-19-17;/h6-7,9,17,19H,3-5,8,10-13H2,1-2H3,(H,20,21);1H. The minimum Gasteiger partial charge on any atom is -0.379 e. The van der Waals surface area contributed by atoms with Gasteiger partial charge in [-0.2, -0.15) is 0 Å². The fourth-order valence-corrected chi connectivity index (χ4v) is 2.72. The second kappa shape index (κ2) is 11.4. The quantitative estimate of drug-likeness (QED) is 0.703. The normalized spacial score (nSPS) is 17.2. The Labute approximate surface area is 150 Å². The van der Waals surface area contributed by atoms with Crippen LogP contribution >= 0.6 is 12.4 Å². The van der Waals surface area contributed by atoms with E-state index in [4.69, 9.17) is 9.47 Å². The zero-order chi connectivity index (χ0) is 16.5. The van der Waals surface area contributed by atoms with Crippen LogP contribution in [0.3, 0.4) is 0 Å². The molecule has 5 nitrogen and oxygen atoms in total. The molecule has 2 rings (SSSR count). The summed E-state index contributed by atoms with van der Waals surface area (Å²) in [6, 6.07) is 5.86. The van der Waals surface area contributed by atoms with Crippen molar-refractivity contribution in [3.05, 3.63) is 29.3 Å².